The van der Waals surface area contributed by atoms with Crippen molar-refractivity contribution < 1.29 is 9.59 Å². The first kappa shape index (κ1) is 16.7. The van der Waals surface area contributed by atoms with Crippen LogP contribution in [0.2, 0.25) is 0 Å². The van der Waals surface area contributed by atoms with Crippen molar-refractivity contribution in [3.63, 3.8) is 0 Å². The molecule has 5 nitrogen and oxygen atoms in total. The van der Waals surface area contributed by atoms with E-state index in [9.17, 15) is 9.59 Å². The van der Waals surface area contributed by atoms with Crippen LogP contribution in [0, 0.1) is 5.92 Å². The van der Waals surface area contributed by atoms with E-state index < -0.39 is 0 Å². The average molecular weight is 321 g/mol. The fraction of sp³-hybridized carbons (Fsp3) is 0.889. The molecule has 23 heavy (non-hydrogen) atoms. The zero-order chi connectivity index (χ0) is 16.2. The lowest BCUT2D eigenvalue weighted by Gasteiger charge is -2.42. The van der Waals surface area contributed by atoms with Crippen LogP contribution in [-0.4, -0.2) is 71.8 Å². The van der Waals surface area contributed by atoms with Gasteiger partial charge < -0.3 is 9.80 Å². The highest BCUT2D eigenvalue weighted by atomic mass is 16.2. The lowest BCUT2D eigenvalue weighted by atomic mass is 9.94. The van der Waals surface area contributed by atoms with E-state index in [0.717, 1.165) is 52.1 Å². The molecule has 0 radical (unpaired) electrons. The van der Waals surface area contributed by atoms with Crippen molar-refractivity contribution in [1.82, 2.24) is 14.7 Å². The summed E-state index contributed by atoms with van der Waals surface area (Å²) in [6.07, 6.45) is 7.81. The first-order valence-corrected chi connectivity index (χ1v) is 9.51. The molecule has 2 heterocycles. The van der Waals surface area contributed by atoms with Gasteiger partial charge in [-0.1, -0.05) is 19.8 Å². The highest BCUT2D eigenvalue weighted by Crippen LogP contribution is 2.32. The monoisotopic (exact) mass is 321 g/mol. The number of hydrogen-bond acceptors (Lipinski definition) is 3. The van der Waals surface area contributed by atoms with Crippen molar-refractivity contribution in [2.75, 3.05) is 39.3 Å². The maximum Gasteiger partial charge on any atom is 0.240 e. The molecule has 130 valence electrons. The fourth-order valence-electron chi connectivity index (χ4n) is 4.53. The summed E-state index contributed by atoms with van der Waals surface area (Å²) >= 11 is 0. The molecule has 2 aliphatic heterocycles. The lowest BCUT2D eigenvalue weighted by molar-refractivity contribution is -0.140. The van der Waals surface area contributed by atoms with Crippen molar-refractivity contribution in [2.24, 2.45) is 5.92 Å². The summed E-state index contributed by atoms with van der Waals surface area (Å²) in [6.45, 7) is 7.07. The number of likely N-dealkylation sites (tertiary alicyclic amines) is 1. The number of nitrogens with zero attached hydrogens (tertiary/aromatic N) is 3. The summed E-state index contributed by atoms with van der Waals surface area (Å²) < 4.78 is 0. The standard InChI is InChI=1S/C18H31N3O2/c1-2-16(22)19-11-13-20(14-12-19)17(15-7-3-4-8-15)18(23)21-9-5-6-10-21/h15,17H,2-14H2,1H3/t17-/m0/s1. The summed E-state index contributed by atoms with van der Waals surface area (Å²) in [5, 5.41) is 0. The minimum absolute atomic E-state index is 0.0643. The Labute approximate surface area is 140 Å². The Kier molecular flexibility index (Phi) is 5.57. The van der Waals surface area contributed by atoms with E-state index >= 15 is 0 Å². The largest absolute Gasteiger partial charge is 0.341 e. The molecule has 0 bridgehead atoms. The van der Waals surface area contributed by atoms with E-state index in [-0.39, 0.29) is 11.9 Å². The molecule has 5 heteroatoms. The molecule has 0 aromatic carbocycles. The summed E-state index contributed by atoms with van der Waals surface area (Å²) in [6, 6.07) is 0.0643. The quantitative estimate of drug-likeness (QED) is 0.792. The molecular weight excluding hydrogens is 290 g/mol. The Morgan fingerprint density at radius 1 is 0.870 bits per heavy atom. The van der Waals surface area contributed by atoms with Gasteiger partial charge in [0.2, 0.25) is 11.8 Å². The van der Waals surface area contributed by atoms with Gasteiger partial charge in [0.05, 0.1) is 6.04 Å². The summed E-state index contributed by atoms with van der Waals surface area (Å²) in [5.74, 6) is 1.13. The molecule has 0 aromatic rings. The average Bonchev–Trinajstić information content (AvgIpc) is 3.28. The zero-order valence-corrected chi connectivity index (χ0v) is 14.5. The van der Waals surface area contributed by atoms with E-state index in [1.807, 2.05) is 11.8 Å². The van der Waals surface area contributed by atoms with Crippen molar-refractivity contribution in [2.45, 2.75) is 57.9 Å². The summed E-state index contributed by atoms with van der Waals surface area (Å²) in [7, 11) is 0. The molecule has 3 aliphatic rings. The third kappa shape index (κ3) is 3.70. The second kappa shape index (κ2) is 7.65. The first-order valence-electron chi connectivity index (χ1n) is 9.51. The number of piperazine rings is 1. The second-order valence-electron chi connectivity index (χ2n) is 7.29. The smallest absolute Gasteiger partial charge is 0.240 e. The van der Waals surface area contributed by atoms with Gasteiger partial charge in [0, 0.05) is 45.7 Å². The molecule has 0 spiro atoms. The van der Waals surface area contributed by atoms with Crippen LogP contribution in [0.3, 0.4) is 0 Å². The maximum atomic E-state index is 13.1. The molecule has 1 saturated carbocycles. The van der Waals surface area contributed by atoms with Gasteiger partial charge in [0.15, 0.2) is 0 Å². The zero-order valence-electron chi connectivity index (χ0n) is 14.5. The molecule has 2 saturated heterocycles. The third-order valence-corrected chi connectivity index (χ3v) is 5.88. The van der Waals surface area contributed by atoms with Gasteiger partial charge in [-0.05, 0) is 31.6 Å². The molecular formula is C18H31N3O2. The fourth-order valence-corrected chi connectivity index (χ4v) is 4.53. The molecule has 0 aromatic heterocycles. The SMILES string of the molecule is CCC(=O)N1CCN([C@H](C(=O)N2CCCC2)C2CCCC2)CC1. The van der Waals surface area contributed by atoms with Crippen LogP contribution in [0.4, 0.5) is 0 Å². The summed E-state index contributed by atoms with van der Waals surface area (Å²) in [5.41, 5.74) is 0. The molecule has 0 unspecified atom stereocenters. The number of amides is 2. The topological polar surface area (TPSA) is 43.9 Å². The lowest BCUT2D eigenvalue weighted by Crippen LogP contribution is -2.58. The molecule has 3 fully saturated rings. The highest BCUT2D eigenvalue weighted by molar-refractivity contribution is 5.82. The highest BCUT2D eigenvalue weighted by Gasteiger charge is 2.39. The van der Waals surface area contributed by atoms with Gasteiger partial charge in [0.25, 0.3) is 0 Å². The Morgan fingerprint density at radius 3 is 2.04 bits per heavy atom. The van der Waals surface area contributed by atoms with Gasteiger partial charge in [-0.3, -0.25) is 14.5 Å². The van der Waals surface area contributed by atoms with Gasteiger partial charge in [0.1, 0.15) is 0 Å². The number of hydrogen-bond donors (Lipinski definition) is 0. The van der Waals surface area contributed by atoms with Crippen molar-refractivity contribution >= 4 is 11.8 Å². The van der Waals surface area contributed by atoms with E-state index in [0.29, 0.717) is 18.2 Å². The van der Waals surface area contributed by atoms with Crippen molar-refractivity contribution in [1.29, 1.82) is 0 Å². The van der Waals surface area contributed by atoms with Gasteiger partial charge in [-0.25, -0.2) is 0 Å². The molecule has 1 aliphatic carbocycles. The normalized spacial score (nSPS) is 25.1. The van der Waals surface area contributed by atoms with E-state index in [1.54, 1.807) is 0 Å². The number of rotatable bonds is 4. The van der Waals surface area contributed by atoms with Crippen LogP contribution in [0.1, 0.15) is 51.9 Å². The minimum atomic E-state index is 0.0643. The van der Waals surface area contributed by atoms with Crippen molar-refractivity contribution in [3.05, 3.63) is 0 Å². The van der Waals surface area contributed by atoms with Crippen LogP contribution < -0.4 is 0 Å². The van der Waals surface area contributed by atoms with E-state index in [2.05, 4.69) is 9.80 Å². The van der Waals surface area contributed by atoms with Crippen LogP contribution in [0.25, 0.3) is 0 Å². The Hall–Kier alpha value is -1.10. The molecule has 0 N–H and O–H groups in total. The number of carbonyl (C=O) groups is 2. The first-order chi connectivity index (χ1) is 11.2. The summed E-state index contributed by atoms with van der Waals surface area (Å²) in [4.78, 5) is 31.4. The van der Waals surface area contributed by atoms with Crippen LogP contribution >= 0.6 is 0 Å². The third-order valence-electron chi connectivity index (χ3n) is 5.88. The second-order valence-corrected chi connectivity index (χ2v) is 7.29. The maximum absolute atomic E-state index is 13.1. The molecule has 2 amide bonds. The van der Waals surface area contributed by atoms with Crippen LogP contribution in [0.15, 0.2) is 0 Å². The van der Waals surface area contributed by atoms with Crippen LogP contribution in [0.5, 0.6) is 0 Å². The predicted octanol–water partition coefficient (Wildman–Crippen LogP) is 1.72. The Morgan fingerprint density at radius 2 is 1.48 bits per heavy atom. The predicted molar refractivity (Wildman–Crippen MR) is 90.0 cm³/mol. The van der Waals surface area contributed by atoms with E-state index in [1.165, 1.54) is 25.7 Å². The minimum Gasteiger partial charge on any atom is -0.341 e. The van der Waals surface area contributed by atoms with Crippen molar-refractivity contribution in [3.8, 4) is 0 Å². The Bertz CT molecular complexity index is 420. The number of carbonyl (C=O) groups excluding carboxylic acids is 2. The van der Waals surface area contributed by atoms with Gasteiger partial charge in [-0.15, -0.1) is 0 Å². The van der Waals surface area contributed by atoms with Crippen LogP contribution in [-0.2, 0) is 9.59 Å². The molecule has 3 rings (SSSR count). The van der Waals surface area contributed by atoms with Gasteiger partial charge in [-0.2, -0.15) is 0 Å². The Balaban J connectivity index is 1.66. The molecule has 1 atom stereocenters. The van der Waals surface area contributed by atoms with Gasteiger partial charge >= 0.3 is 0 Å². The van der Waals surface area contributed by atoms with E-state index in [4.69, 9.17) is 0 Å².